The molecule has 5 aromatic rings. The number of nitrogens with one attached hydrogen (secondary N) is 4. The van der Waals surface area contributed by atoms with Crippen molar-refractivity contribution >= 4 is 63.5 Å². The number of rotatable bonds is 10. The smallest absolute Gasteiger partial charge is 0.407 e. The number of ether oxygens (including phenoxy) is 1. The number of hydrogen-bond donors (Lipinski definition) is 4. The molecule has 4 fully saturated rings. The van der Waals surface area contributed by atoms with Gasteiger partial charge >= 0.3 is 6.09 Å². The van der Waals surface area contributed by atoms with Crippen LogP contribution in [0.1, 0.15) is 119 Å². The normalized spacial score (nSPS) is 23.0. The lowest BCUT2D eigenvalue weighted by atomic mass is 9.84. The summed E-state index contributed by atoms with van der Waals surface area (Å²) in [5.74, 6) is -1.65. The van der Waals surface area contributed by atoms with Crippen LogP contribution in [0.25, 0.3) is 16.6 Å². The number of piperidine rings is 3. The number of aromatic nitrogens is 7. The number of fused-ring (bicyclic) bond motifs is 2. The summed E-state index contributed by atoms with van der Waals surface area (Å²) >= 11 is 0. The Balaban J connectivity index is 0.793. The number of benzene rings is 1. The van der Waals surface area contributed by atoms with Gasteiger partial charge in [-0.15, -0.1) is 0 Å². The molecule has 362 valence electrons. The predicted octanol–water partition coefficient (Wildman–Crippen LogP) is 5.80. The molecule has 22 heteroatoms. The standard InChI is InChI=1S/C46H56F3N13O6/c1-46(2,3)68-45(67)52-28-20-26(47)22-60(23-28)35-16-19-61-41(54-35)32(21-50-61)43(65)53-34-24-62(57-38(34)40(48)49)29-10-8-25(9-11-29)44(66)59-17-14-27(15-18-59)51-33-7-5-6-30-37(56-58(4)39(30)33)31-12-13-36(63)55-42(31)64/h5-7,16,19,21,24-29,31,40,51H,8-15,17-18,20,22-23H2,1-4H3,(H,52,67)(H,53,65)(H,55,63,64)/t25?,26-,28-,29?,31?/m1/s1. The van der Waals surface area contributed by atoms with Gasteiger partial charge in [-0.25, -0.2) is 27.5 Å². The van der Waals surface area contributed by atoms with Gasteiger partial charge < -0.3 is 30.5 Å². The Morgan fingerprint density at radius 2 is 1.71 bits per heavy atom. The average molecular weight is 944 g/mol. The summed E-state index contributed by atoms with van der Waals surface area (Å²) in [4.78, 5) is 72.5. The quantitative estimate of drug-likeness (QED) is 0.122. The number of imide groups is 1. The molecule has 3 atom stereocenters. The topological polar surface area (TPSA) is 215 Å². The van der Waals surface area contributed by atoms with Crippen LogP contribution >= 0.6 is 0 Å². The van der Waals surface area contributed by atoms with Crippen molar-refractivity contribution in [1.29, 1.82) is 0 Å². The van der Waals surface area contributed by atoms with E-state index in [0.717, 1.165) is 29.4 Å². The fourth-order valence-corrected chi connectivity index (χ4v) is 10.0. The SMILES string of the molecule is Cn1nc(C2CCC(=O)NC2=O)c2cccc(NC3CCN(C(=O)C4CCC(n5cc(NC(=O)c6cnn7ccc(N8C[C@H](F)C[C@@H](NC(=O)OC(C)(C)C)C8)nc67)c(C(F)F)n5)CC4)CC3)c21. The first-order valence-electron chi connectivity index (χ1n) is 23.2. The Morgan fingerprint density at radius 1 is 0.941 bits per heavy atom. The molecule has 1 unspecified atom stereocenters. The van der Waals surface area contributed by atoms with E-state index in [1.165, 1.54) is 21.6 Å². The number of alkyl halides is 3. The van der Waals surface area contributed by atoms with Crippen LogP contribution in [0.5, 0.6) is 0 Å². The molecule has 1 aromatic carbocycles. The van der Waals surface area contributed by atoms with Crippen LogP contribution in [0.15, 0.2) is 42.9 Å². The van der Waals surface area contributed by atoms with Crippen molar-refractivity contribution in [2.24, 2.45) is 13.0 Å². The third-order valence-corrected chi connectivity index (χ3v) is 13.3. The number of amides is 5. The zero-order valence-corrected chi connectivity index (χ0v) is 38.4. The van der Waals surface area contributed by atoms with Crippen LogP contribution in [0.2, 0.25) is 0 Å². The largest absolute Gasteiger partial charge is 0.444 e. The highest BCUT2D eigenvalue weighted by Gasteiger charge is 2.36. The van der Waals surface area contributed by atoms with E-state index in [9.17, 15) is 37.1 Å². The molecular weight excluding hydrogens is 888 g/mol. The zero-order valence-electron chi connectivity index (χ0n) is 38.4. The lowest BCUT2D eigenvalue weighted by Crippen LogP contribution is -2.52. The molecule has 0 spiro atoms. The van der Waals surface area contributed by atoms with Gasteiger partial charge in [-0.3, -0.25) is 33.9 Å². The van der Waals surface area contributed by atoms with Crippen molar-refractivity contribution < 1.29 is 41.9 Å². The second-order valence-corrected chi connectivity index (χ2v) is 19.3. The van der Waals surface area contributed by atoms with Gasteiger partial charge in [-0.05, 0) is 77.8 Å². The highest BCUT2D eigenvalue weighted by Crippen LogP contribution is 2.38. The van der Waals surface area contributed by atoms with E-state index in [0.29, 0.717) is 56.7 Å². The van der Waals surface area contributed by atoms with Crippen LogP contribution in [0, 0.1) is 5.92 Å². The Hall–Kier alpha value is -6.74. The van der Waals surface area contributed by atoms with Crippen LogP contribution in [-0.4, -0.2) is 119 Å². The van der Waals surface area contributed by atoms with Crippen LogP contribution in [0.3, 0.4) is 0 Å². The number of anilines is 3. The molecular formula is C46H56F3N13O6. The number of halogens is 3. The van der Waals surface area contributed by atoms with Gasteiger partial charge in [0.1, 0.15) is 23.2 Å². The molecule has 3 saturated heterocycles. The minimum absolute atomic E-state index is 0.0000766. The summed E-state index contributed by atoms with van der Waals surface area (Å²) in [5, 5.41) is 25.4. The minimum atomic E-state index is -2.99. The maximum absolute atomic E-state index is 14.9. The van der Waals surface area contributed by atoms with Gasteiger partial charge in [0.25, 0.3) is 12.3 Å². The van der Waals surface area contributed by atoms with Crippen LogP contribution in [-0.2, 0) is 26.2 Å². The van der Waals surface area contributed by atoms with E-state index >= 15 is 0 Å². The molecule has 68 heavy (non-hydrogen) atoms. The van der Waals surface area contributed by atoms with Gasteiger partial charge in [-0.2, -0.15) is 15.3 Å². The highest BCUT2D eigenvalue weighted by molar-refractivity contribution is 6.08. The van der Waals surface area contributed by atoms with Gasteiger partial charge in [-0.1, -0.05) is 12.1 Å². The molecule has 4 aromatic heterocycles. The number of alkyl carbamates (subject to hydrolysis) is 1. The average Bonchev–Trinajstić information content (AvgIpc) is 4.01. The molecule has 9 rings (SSSR count). The summed E-state index contributed by atoms with van der Waals surface area (Å²) in [6.45, 7) is 6.58. The fraction of sp³-hybridized carbons (Fsp3) is 0.543. The Bertz CT molecular complexity index is 2730. The van der Waals surface area contributed by atoms with Gasteiger partial charge in [0.2, 0.25) is 17.7 Å². The number of likely N-dealkylation sites (tertiary alicyclic amines) is 1. The molecule has 3 aliphatic heterocycles. The lowest BCUT2D eigenvalue weighted by Gasteiger charge is -2.37. The Kier molecular flexibility index (Phi) is 12.8. The maximum Gasteiger partial charge on any atom is 0.407 e. The van der Waals surface area contributed by atoms with E-state index in [2.05, 4.69) is 36.4 Å². The number of nitrogens with zero attached hydrogens (tertiary/aromatic N) is 9. The van der Waals surface area contributed by atoms with E-state index in [-0.39, 0.29) is 78.6 Å². The molecule has 0 bridgehead atoms. The van der Waals surface area contributed by atoms with E-state index < -0.39 is 47.9 Å². The van der Waals surface area contributed by atoms with E-state index in [1.807, 2.05) is 30.1 Å². The third-order valence-electron chi connectivity index (χ3n) is 13.3. The first-order valence-corrected chi connectivity index (χ1v) is 23.2. The van der Waals surface area contributed by atoms with Crippen LogP contribution < -0.4 is 26.2 Å². The Morgan fingerprint density at radius 3 is 2.43 bits per heavy atom. The molecule has 1 aliphatic carbocycles. The second kappa shape index (κ2) is 18.7. The van der Waals surface area contributed by atoms with Crippen LogP contribution in [0.4, 0.5) is 35.2 Å². The number of para-hydroxylation sites is 1. The molecule has 4 N–H and O–H groups in total. The molecule has 4 aliphatic rings. The first kappa shape index (κ1) is 46.4. The highest BCUT2D eigenvalue weighted by atomic mass is 19.3. The zero-order chi connectivity index (χ0) is 48.0. The van der Waals surface area contributed by atoms with Crippen molar-refractivity contribution in [1.82, 2.24) is 49.7 Å². The molecule has 5 amide bonds. The van der Waals surface area contributed by atoms with E-state index in [4.69, 9.17) is 9.84 Å². The summed E-state index contributed by atoms with van der Waals surface area (Å²) in [5.41, 5.74) is 1.05. The van der Waals surface area contributed by atoms with Crippen molar-refractivity contribution in [3.05, 3.63) is 59.8 Å². The monoisotopic (exact) mass is 943 g/mol. The third kappa shape index (κ3) is 9.80. The van der Waals surface area contributed by atoms with Crippen molar-refractivity contribution in [3.8, 4) is 0 Å². The van der Waals surface area contributed by atoms with Crippen molar-refractivity contribution in [3.63, 3.8) is 0 Å². The number of aryl methyl sites for hydroxylation is 1. The minimum Gasteiger partial charge on any atom is -0.444 e. The predicted molar refractivity (Wildman–Crippen MR) is 243 cm³/mol. The van der Waals surface area contributed by atoms with Crippen molar-refractivity contribution in [2.45, 2.75) is 121 Å². The summed E-state index contributed by atoms with van der Waals surface area (Å²) in [6.07, 6.45) is 3.71. The number of carbonyl (C=O) groups is 5. The molecule has 7 heterocycles. The summed E-state index contributed by atoms with van der Waals surface area (Å²) in [7, 11) is 1.84. The number of hydrogen-bond acceptors (Lipinski definition) is 12. The fourth-order valence-electron chi connectivity index (χ4n) is 10.0. The maximum atomic E-state index is 14.9. The molecule has 0 radical (unpaired) electrons. The number of carbonyl (C=O) groups excluding carboxylic acids is 5. The second-order valence-electron chi connectivity index (χ2n) is 19.3. The first-order chi connectivity index (χ1) is 32.5. The summed E-state index contributed by atoms with van der Waals surface area (Å²) in [6, 6.07) is 6.73. The Labute approximate surface area is 389 Å². The lowest BCUT2D eigenvalue weighted by molar-refractivity contribution is -0.138. The van der Waals surface area contributed by atoms with Gasteiger partial charge in [0.05, 0.1) is 53.3 Å². The molecule has 1 saturated carbocycles. The van der Waals surface area contributed by atoms with Crippen molar-refractivity contribution in [2.75, 3.05) is 41.7 Å². The summed E-state index contributed by atoms with van der Waals surface area (Å²) < 4.78 is 53.7. The molecule has 19 nitrogen and oxygen atoms in total. The van der Waals surface area contributed by atoms with E-state index in [1.54, 1.807) is 42.6 Å². The van der Waals surface area contributed by atoms with Gasteiger partial charge in [0.15, 0.2) is 11.3 Å². The van der Waals surface area contributed by atoms with Gasteiger partial charge in [0, 0.05) is 69.3 Å².